The molecule has 1 amide bonds. The van der Waals surface area contributed by atoms with Gasteiger partial charge < -0.3 is 10.0 Å². The third kappa shape index (κ3) is 3.73. The second-order valence-electron chi connectivity index (χ2n) is 6.75. The maximum atomic E-state index is 13.3. The Morgan fingerprint density at radius 3 is 1.96 bits per heavy atom. The highest BCUT2D eigenvalue weighted by Crippen LogP contribution is 2.30. The van der Waals surface area contributed by atoms with E-state index >= 15 is 0 Å². The van der Waals surface area contributed by atoms with Crippen molar-refractivity contribution >= 4 is 11.9 Å². The lowest BCUT2D eigenvalue weighted by molar-refractivity contribution is -0.148. The van der Waals surface area contributed by atoms with E-state index in [-0.39, 0.29) is 23.7 Å². The highest BCUT2D eigenvalue weighted by atomic mass is 16.4. The Bertz CT molecular complexity index is 690. The van der Waals surface area contributed by atoms with Crippen molar-refractivity contribution in [1.29, 1.82) is 0 Å². The Morgan fingerprint density at radius 2 is 1.52 bits per heavy atom. The molecular weight excluding hydrogens is 314 g/mol. The number of hydrogen-bond donors (Lipinski definition) is 1. The molecule has 0 radical (unpaired) electrons. The van der Waals surface area contributed by atoms with Crippen LogP contribution in [0.15, 0.2) is 60.7 Å². The lowest BCUT2D eigenvalue weighted by atomic mass is 9.84. The minimum absolute atomic E-state index is 0.0394. The van der Waals surface area contributed by atoms with E-state index in [4.69, 9.17) is 0 Å². The van der Waals surface area contributed by atoms with Gasteiger partial charge in [0.05, 0.1) is 11.8 Å². The van der Waals surface area contributed by atoms with Crippen LogP contribution in [0.4, 0.5) is 0 Å². The Hall–Kier alpha value is -2.62. The average Bonchev–Trinajstić information content (AvgIpc) is 2.63. The molecule has 1 N–H and O–H groups in total. The molecule has 2 unspecified atom stereocenters. The fourth-order valence-corrected chi connectivity index (χ4v) is 3.66. The van der Waals surface area contributed by atoms with Gasteiger partial charge in [-0.25, -0.2) is 0 Å². The number of carboxylic acid groups (broad SMARTS) is 1. The number of carboxylic acids is 1. The first-order valence-electron chi connectivity index (χ1n) is 8.69. The van der Waals surface area contributed by atoms with Crippen molar-refractivity contribution in [3.63, 3.8) is 0 Å². The van der Waals surface area contributed by atoms with Gasteiger partial charge in [0.2, 0.25) is 5.91 Å². The molecule has 2 aromatic carbocycles. The van der Waals surface area contributed by atoms with E-state index in [1.807, 2.05) is 72.5 Å². The summed E-state index contributed by atoms with van der Waals surface area (Å²) in [6.45, 7) is 2.90. The maximum absolute atomic E-state index is 13.3. The average molecular weight is 337 g/mol. The molecule has 1 fully saturated rings. The van der Waals surface area contributed by atoms with Crippen LogP contribution < -0.4 is 0 Å². The van der Waals surface area contributed by atoms with Crippen LogP contribution in [-0.2, 0) is 9.59 Å². The van der Waals surface area contributed by atoms with Gasteiger partial charge in [0.1, 0.15) is 0 Å². The highest BCUT2D eigenvalue weighted by Gasteiger charge is 2.36. The van der Waals surface area contributed by atoms with Crippen LogP contribution in [0.25, 0.3) is 0 Å². The number of nitrogens with zero attached hydrogens (tertiary/aromatic N) is 1. The minimum Gasteiger partial charge on any atom is -0.481 e. The van der Waals surface area contributed by atoms with Gasteiger partial charge in [0.15, 0.2) is 0 Å². The molecule has 1 aliphatic heterocycles. The Labute approximate surface area is 148 Å². The summed E-state index contributed by atoms with van der Waals surface area (Å²) in [5.41, 5.74) is 1.93. The number of likely N-dealkylation sites (tertiary alicyclic amines) is 1. The van der Waals surface area contributed by atoms with E-state index in [2.05, 4.69) is 0 Å². The molecule has 0 aromatic heterocycles. The lowest BCUT2D eigenvalue weighted by Gasteiger charge is -2.37. The van der Waals surface area contributed by atoms with E-state index < -0.39 is 5.97 Å². The van der Waals surface area contributed by atoms with Crippen molar-refractivity contribution in [3.8, 4) is 0 Å². The van der Waals surface area contributed by atoms with E-state index in [1.165, 1.54) is 0 Å². The van der Waals surface area contributed by atoms with E-state index in [9.17, 15) is 14.7 Å². The van der Waals surface area contributed by atoms with Gasteiger partial charge in [0, 0.05) is 13.1 Å². The normalized spacial score (nSPS) is 20.5. The smallest absolute Gasteiger partial charge is 0.306 e. The molecule has 2 aromatic rings. The number of carbonyl (C=O) groups excluding carboxylic acids is 1. The summed E-state index contributed by atoms with van der Waals surface area (Å²) < 4.78 is 0. The molecule has 0 bridgehead atoms. The third-order valence-electron chi connectivity index (χ3n) is 5.05. The summed E-state index contributed by atoms with van der Waals surface area (Å²) in [6.07, 6.45) is 0.512. The van der Waals surface area contributed by atoms with Crippen LogP contribution in [-0.4, -0.2) is 35.0 Å². The molecule has 25 heavy (non-hydrogen) atoms. The van der Waals surface area contributed by atoms with Crippen molar-refractivity contribution in [3.05, 3.63) is 71.8 Å². The molecule has 1 saturated heterocycles. The summed E-state index contributed by atoms with van der Waals surface area (Å²) in [4.78, 5) is 26.4. The third-order valence-corrected chi connectivity index (χ3v) is 5.05. The molecule has 1 heterocycles. The zero-order valence-corrected chi connectivity index (χ0v) is 14.3. The van der Waals surface area contributed by atoms with Gasteiger partial charge in [0.25, 0.3) is 0 Å². The van der Waals surface area contributed by atoms with Gasteiger partial charge in [-0.2, -0.15) is 0 Å². The fraction of sp³-hybridized carbons (Fsp3) is 0.333. The maximum Gasteiger partial charge on any atom is 0.306 e. The molecule has 4 heteroatoms. The first-order chi connectivity index (χ1) is 12.1. The number of benzene rings is 2. The topological polar surface area (TPSA) is 57.6 Å². The summed E-state index contributed by atoms with van der Waals surface area (Å²) in [5, 5.41) is 9.30. The SMILES string of the molecule is CC1CN(C(=O)C(c2ccccc2)c2ccccc2)CCC1C(=O)O. The molecule has 130 valence electrons. The van der Waals surface area contributed by atoms with Crippen molar-refractivity contribution in [2.45, 2.75) is 19.3 Å². The minimum atomic E-state index is -0.762. The van der Waals surface area contributed by atoms with Crippen molar-refractivity contribution in [2.75, 3.05) is 13.1 Å². The molecule has 1 aliphatic rings. The fourth-order valence-electron chi connectivity index (χ4n) is 3.66. The predicted octanol–water partition coefficient (Wildman–Crippen LogP) is 3.39. The van der Waals surface area contributed by atoms with E-state index in [1.54, 1.807) is 0 Å². The van der Waals surface area contributed by atoms with Crippen LogP contribution in [0.2, 0.25) is 0 Å². The molecule has 0 aliphatic carbocycles. The number of carbonyl (C=O) groups is 2. The number of aliphatic carboxylic acids is 1. The Kier molecular flexibility index (Phi) is 5.17. The summed E-state index contributed by atoms with van der Waals surface area (Å²) >= 11 is 0. The van der Waals surface area contributed by atoms with Crippen LogP contribution in [0.3, 0.4) is 0 Å². The zero-order chi connectivity index (χ0) is 17.8. The predicted molar refractivity (Wildman–Crippen MR) is 96.2 cm³/mol. The van der Waals surface area contributed by atoms with Crippen molar-refractivity contribution < 1.29 is 14.7 Å². The molecule has 0 saturated carbocycles. The van der Waals surface area contributed by atoms with E-state index in [0.29, 0.717) is 19.5 Å². The molecule has 0 spiro atoms. The number of amides is 1. The van der Waals surface area contributed by atoms with Crippen LogP contribution in [0.1, 0.15) is 30.4 Å². The number of hydrogen-bond acceptors (Lipinski definition) is 2. The van der Waals surface area contributed by atoms with Crippen LogP contribution in [0.5, 0.6) is 0 Å². The van der Waals surface area contributed by atoms with Crippen molar-refractivity contribution in [2.24, 2.45) is 11.8 Å². The lowest BCUT2D eigenvalue weighted by Crippen LogP contribution is -2.46. The zero-order valence-electron chi connectivity index (χ0n) is 14.3. The first kappa shape index (κ1) is 17.2. The van der Waals surface area contributed by atoms with Crippen molar-refractivity contribution in [1.82, 2.24) is 4.90 Å². The molecule has 4 nitrogen and oxygen atoms in total. The van der Waals surface area contributed by atoms with Gasteiger partial charge in [-0.1, -0.05) is 67.6 Å². The Morgan fingerprint density at radius 1 is 1.00 bits per heavy atom. The first-order valence-corrected chi connectivity index (χ1v) is 8.69. The quantitative estimate of drug-likeness (QED) is 0.930. The van der Waals surface area contributed by atoms with Gasteiger partial charge >= 0.3 is 5.97 Å². The summed E-state index contributed by atoms with van der Waals surface area (Å²) in [6, 6.07) is 19.6. The highest BCUT2D eigenvalue weighted by molar-refractivity contribution is 5.87. The standard InChI is InChI=1S/C21H23NO3/c1-15-14-22(13-12-18(15)21(24)25)20(23)19(16-8-4-2-5-9-16)17-10-6-3-7-11-17/h2-11,15,18-19H,12-14H2,1H3,(H,24,25). The summed E-state index contributed by atoms with van der Waals surface area (Å²) in [5.74, 6) is -1.47. The van der Waals surface area contributed by atoms with Gasteiger partial charge in [-0.15, -0.1) is 0 Å². The van der Waals surface area contributed by atoms with E-state index in [0.717, 1.165) is 11.1 Å². The molecule has 3 rings (SSSR count). The largest absolute Gasteiger partial charge is 0.481 e. The number of rotatable bonds is 4. The monoisotopic (exact) mass is 337 g/mol. The van der Waals surface area contributed by atoms with Gasteiger partial charge in [-0.05, 0) is 23.5 Å². The second-order valence-corrected chi connectivity index (χ2v) is 6.75. The van der Waals surface area contributed by atoms with Crippen LogP contribution in [0, 0.1) is 11.8 Å². The second kappa shape index (κ2) is 7.51. The summed E-state index contributed by atoms with van der Waals surface area (Å²) in [7, 11) is 0. The number of piperidine rings is 1. The molecular formula is C21H23NO3. The van der Waals surface area contributed by atoms with Gasteiger partial charge in [-0.3, -0.25) is 9.59 Å². The Balaban J connectivity index is 1.87. The molecule has 2 atom stereocenters. The van der Waals surface area contributed by atoms with Crippen LogP contribution >= 0.6 is 0 Å².